The number of benzene rings is 6. The van der Waals surface area contributed by atoms with Crippen molar-refractivity contribution in [2.24, 2.45) is 0 Å². The third-order valence-electron chi connectivity index (χ3n) is 9.39. The smallest absolute Gasteiger partial charge is 0.196 e. The number of anilines is 2. The Hall–Kier alpha value is -6.39. The maximum absolute atomic E-state index is 14.2. The highest BCUT2D eigenvalue weighted by Crippen LogP contribution is 2.47. The van der Waals surface area contributed by atoms with Gasteiger partial charge in [0, 0.05) is 49.9 Å². The topological polar surface area (TPSA) is 38.4 Å². The molecule has 0 spiro atoms. The van der Waals surface area contributed by atoms with E-state index in [9.17, 15) is 4.79 Å². The summed E-state index contributed by atoms with van der Waals surface area (Å²) in [6.07, 6.45) is 7.95. The average Bonchev–Trinajstić information content (AvgIpc) is 3.77. The number of para-hydroxylation sites is 2. The average molecular weight is 619 g/mol. The number of hydrogen-bond donors (Lipinski definition) is 0. The zero-order valence-corrected chi connectivity index (χ0v) is 26.4. The summed E-state index contributed by atoms with van der Waals surface area (Å²) in [7, 11) is 0. The van der Waals surface area contributed by atoms with Gasteiger partial charge in [-0.2, -0.15) is 0 Å². The van der Waals surface area contributed by atoms with E-state index in [1.807, 2.05) is 85.8 Å². The molecule has 0 N–H and O–H groups in total. The maximum atomic E-state index is 14.2. The number of allylic oxidation sites excluding steroid dienone is 4. The van der Waals surface area contributed by atoms with Crippen LogP contribution in [0.1, 0.15) is 22.8 Å². The first-order chi connectivity index (χ1) is 23.7. The monoisotopic (exact) mass is 618 g/mol. The molecule has 0 saturated heterocycles. The van der Waals surface area contributed by atoms with Crippen LogP contribution >= 0.6 is 0 Å². The molecule has 2 heterocycles. The van der Waals surface area contributed by atoms with E-state index >= 15 is 0 Å². The van der Waals surface area contributed by atoms with E-state index in [2.05, 4.69) is 88.9 Å². The zero-order valence-electron chi connectivity index (χ0n) is 26.4. The predicted octanol–water partition coefficient (Wildman–Crippen LogP) is 11.7. The van der Waals surface area contributed by atoms with Gasteiger partial charge in [0.15, 0.2) is 5.78 Å². The Bertz CT molecular complexity index is 2650. The van der Waals surface area contributed by atoms with E-state index in [0.717, 1.165) is 88.8 Å². The number of ketones is 1. The van der Waals surface area contributed by atoms with Crippen molar-refractivity contribution >= 4 is 60.9 Å². The van der Waals surface area contributed by atoms with Gasteiger partial charge in [0.25, 0.3) is 0 Å². The van der Waals surface area contributed by atoms with Crippen LogP contribution in [0.15, 0.2) is 168 Å². The fourth-order valence-corrected chi connectivity index (χ4v) is 7.45. The molecule has 8 aromatic rings. The number of furan rings is 1. The van der Waals surface area contributed by atoms with Gasteiger partial charge < -0.3 is 13.9 Å². The second kappa shape index (κ2) is 10.9. The molecule has 0 amide bonds. The molecule has 0 radical (unpaired) electrons. The quantitative estimate of drug-likeness (QED) is 0.174. The van der Waals surface area contributed by atoms with Crippen LogP contribution in [-0.2, 0) is 0 Å². The van der Waals surface area contributed by atoms with Gasteiger partial charge in [-0.3, -0.25) is 4.79 Å². The molecule has 4 heteroatoms. The molecule has 0 aliphatic heterocycles. The van der Waals surface area contributed by atoms with E-state index in [1.54, 1.807) is 0 Å². The molecule has 228 valence electrons. The minimum absolute atomic E-state index is 0.0565. The molecule has 1 aliphatic rings. The third-order valence-corrected chi connectivity index (χ3v) is 9.39. The Morgan fingerprint density at radius 1 is 0.688 bits per heavy atom. The Balaban J connectivity index is 1.34. The van der Waals surface area contributed by atoms with Crippen LogP contribution in [0.2, 0.25) is 0 Å². The standard InChI is InChI=1S/C44H30N2O2/c1-3-12-28(13-4-2)45(29-14-6-5-7-15-29)30-20-22-31(23-21-30)46-37-26-27-39-41(35-18-10-11-19-38(35)48-39)40(37)36-25-24-33-32-16-8-9-17-34(32)44(47)42(33)43(36)46/h3-27H,1H2,2H3/b13-4-,28-12+. The van der Waals surface area contributed by atoms with Gasteiger partial charge in [0.2, 0.25) is 0 Å². The Kier molecular flexibility index (Phi) is 6.31. The minimum atomic E-state index is 0.0565. The summed E-state index contributed by atoms with van der Waals surface area (Å²) in [5.41, 5.74) is 11.1. The van der Waals surface area contributed by atoms with E-state index in [1.165, 1.54) is 0 Å². The van der Waals surface area contributed by atoms with Crippen LogP contribution in [0, 0.1) is 0 Å². The van der Waals surface area contributed by atoms with E-state index < -0.39 is 0 Å². The van der Waals surface area contributed by atoms with Crippen LogP contribution in [0.4, 0.5) is 11.4 Å². The van der Waals surface area contributed by atoms with E-state index in [-0.39, 0.29) is 5.78 Å². The van der Waals surface area contributed by atoms with Gasteiger partial charge >= 0.3 is 0 Å². The lowest BCUT2D eigenvalue weighted by atomic mass is 10.0. The van der Waals surface area contributed by atoms with Crippen molar-refractivity contribution in [2.75, 3.05) is 4.90 Å². The van der Waals surface area contributed by atoms with Crippen molar-refractivity contribution in [3.8, 4) is 16.8 Å². The lowest BCUT2D eigenvalue weighted by Gasteiger charge is -2.26. The number of hydrogen-bond acceptors (Lipinski definition) is 3. The number of fused-ring (bicyclic) bond motifs is 11. The maximum Gasteiger partial charge on any atom is 0.196 e. The largest absolute Gasteiger partial charge is 0.456 e. The lowest BCUT2D eigenvalue weighted by molar-refractivity contribution is 0.104. The highest BCUT2D eigenvalue weighted by Gasteiger charge is 2.32. The van der Waals surface area contributed by atoms with Gasteiger partial charge in [-0.25, -0.2) is 0 Å². The second-order valence-electron chi connectivity index (χ2n) is 12.0. The number of carbonyl (C=O) groups is 1. The van der Waals surface area contributed by atoms with Crippen LogP contribution in [0.3, 0.4) is 0 Å². The minimum Gasteiger partial charge on any atom is -0.456 e. The van der Waals surface area contributed by atoms with E-state index in [0.29, 0.717) is 0 Å². The third kappa shape index (κ3) is 3.99. The van der Waals surface area contributed by atoms with Gasteiger partial charge in [0.1, 0.15) is 11.2 Å². The molecule has 0 fully saturated rings. The number of nitrogens with zero attached hydrogens (tertiary/aromatic N) is 2. The summed E-state index contributed by atoms with van der Waals surface area (Å²) in [6, 6.07) is 43.5. The molecule has 0 saturated carbocycles. The Labute approximate surface area is 277 Å². The molecule has 1 aliphatic carbocycles. The number of aromatic nitrogens is 1. The van der Waals surface area contributed by atoms with Crippen molar-refractivity contribution in [2.45, 2.75) is 6.92 Å². The van der Waals surface area contributed by atoms with Crippen molar-refractivity contribution in [1.29, 1.82) is 0 Å². The first-order valence-corrected chi connectivity index (χ1v) is 16.1. The molecule has 0 bridgehead atoms. The van der Waals surface area contributed by atoms with Crippen LogP contribution in [0.5, 0.6) is 0 Å². The van der Waals surface area contributed by atoms with Crippen LogP contribution < -0.4 is 4.90 Å². The molecular weight excluding hydrogens is 588 g/mol. The SMILES string of the molecule is C=C/C=C(\C=C/C)N(c1ccccc1)c1ccc(-n2c3ccc4oc5ccccc5c4c3c3ccc4c(c32)C(=O)c2ccccc2-4)cc1. The summed E-state index contributed by atoms with van der Waals surface area (Å²) in [4.78, 5) is 16.4. The Morgan fingerprint density at radius 2 is 1.42 bits per heavy atom. The van der Waals surface area contributed by atoms with Gasteiger partial charge in [0.05, 0.1) is 16.6 Å². The number of carbonyl (C=O) groups excluding carboxylic acids is 1. The normalized spacial score (nSPS) is 12.9. The lowest BCUT2D eigenvalue weighted by Crippen LogP contribution is -2.15. The first-order valence-electron chi connectivity index (χ1n) is 16.1. The van der Waals surface area contributed by atoms with E-state index in [4.69, 9.17) is 4.42 Å². The van der Waals surface area contributed by atoms with Crippen molar-refractivity contribution in [3.63, 3.8) is 0 Å². The van der Waals surface area contributed by atoms with Gasteiger partial charge in [-0.1, -0.05) is 91.5 Å². The molecular formula is C44H30N2O2. The van der Waals surface area contributed by atoms with Gasteiger partial charge in [-0.05, 0) is 84.8 Å². The molecule has 0 atom stereocenters. The highest BCUT2D eigenvalue weighted by atomic mass is 16.3. The molecule has 48 heavy (non-hydrogen) atoms. The fraction of sp³-hybridized carbons (Fsp3) is 0.0227. The van der Waals surface area contributed by atoms with Crippen LogP contribution in [-0.4, -0.2) is 10.4 Å². The van der Waals surface area contributed by atoms with Crippen molar-refractivity contribution < 1.29 is 9.21 Å². The van der Waals surface area contributed by atoms with Crippen molar-refractivity contribution in [1.82, 2.24) is 4.57 Å². The second-order valence-corrected chi connectivity index (χ2v) is 12.0. The first kappa shape index (κ1) is 27.9. The summed E-state index contributed by atoms with van der Waals surface area (Å²) >= 11 is 0. The molecule has 0 unspecified atom stereocenters. The molecule has 4 nitrogen and oxygen atoms in total. The molecule has 2 aromatic heterocycles. The summed E-state index contributed by atoms with van der Waals surface area (Å²) in [5.74, 6) is 0.0565. The zero-order chi connectivity index (χ0) is 32.4. The predicted molar refractivity (Wildman–Crippen MR) is 199 cm³/mol. The summed E-state index contributed by atoms with van der Waals surface area (Å²) < 4.78 is 8.60. The Morgan fingerprint density at radius 3 is 2.21 bits per heavy atom. The fourth-order valence-electron chi connectivity index (χ4n) is 7.45. The summed E-state index contributed by atoms with van der Waals surface area (Å²) in [5, 5.41) is 4.23. The summed E-state index contributed by atoms with van der Waals surface area (Å²) in [6.45, 7) is 5.99. The van der Waals surface area contributed by atoms with Crippen LogP contribution in [0.25, 0.3) is 60.6 Å². The van der Waals surface area contributed by atoms with Gasteiger partial charge in [-0.15, -0.1) is 0 Å². The number of rotatable bonds is 6. The molecule has 6 aromatic carbocycles. The highest BCUT2D eigenvalue weighted by molar-refractivity contribution is 6.33. The molecule has 9 rings (SSSR count). The van der Waals surface area contributed by atoms with Crippen molar-refractivity contribution in [3.05, 3.63) is 175 Å².